The quantitative estimate of drug-likeness (QED) is 0.107. The number of non-ortho nitro benzene ring substituents is 1. The molecule has 1 heterocycles. The van der Waals surface area contributed by atoms with E-state index in [1.807, 2.05) is 0 Å². The first kappa shape index (κ1) is 33.8. The van der Waals surface area contributed by atoms with Gasteiger partial charge in [-0.2, -0.15) is 8.78 Å². The molecule has 3 rings (SSSR count). The molecule has 2 aromatic rings. The third-order valence-electron chi connectivity index (χ3n) is 5.86. The van der Waals surface area contributed by atoms with Crippen LogP contribution in [0.1, 0.15) is 47.1 Å². The number of amides is 1. The summed E-state index contributed by atoms with van der Waals surface area (Å²) in [5.41, 5.74) is -1.54. The van der Waals surface area contributed by atoms with Crippen LogP contribution < -0.4 is 9.47 Å². The van der Waals surface area contributed by atoms with E-state index in [2.05, 4.69) is 4.74 Å². The summed E-state index contributed by atoms with van der Waals surface area (Å²) in [6, 6.07) is 9.22. The number of halogens is 2. The van der Waals surface area contributed by atoms with Gasteiger partial charge in [-0.3, -0.25) is 15.0 Å². The van der Waals surface area contributed by atoms with Crippen molar-refractivity contribution in [1.82, 2.24) is 4.90 Å². The Bertz CT molecular complexity index is 1320. The predicted molar refractivity (Wildman–Crippen MR) is 149 cm³/mol. The highest BCUT2D eigenvalue weighted by molar-refractivity contribution is 5.70. The Morgan fingerprint density at radius 1 is 0.886 bits per heavy atom. The van der Waals surface area contributed by atoms with Crippen molar-refractivity contribution in [1.29, 1.82) is 0 Å². The van der Waals surface area contributed by atoms with Gasteiger partial charge in [-0.25, -0.2) is 14.4 Å². The first-order valence-electron chi connectivity index (χ1n) is 13.5. The van der Waals surface area contributed by atoms with Crippen LogP contribution >= 0.6 is 0 Å². The van der Waals surface area contributed by atoms with Crippen LogP contribution in [0.4, 0.5) is 28.9 Å². The second-order valence-corrected chi connectivity index (χ2v) is 11.7. The largest absolute Gasteiger partial charge is 0.514 e. The third-order valence-corrected chi connectivity index (χ3v) is 5.86. The van der Waals surface area contributed by atoms with Crippen LogP contribution in [0, 0.1) is 10.1 Å². The molecule has 1 aliphatic rings. The second kappa shape index (κ2) is 13.7. The van der Waals surface area contributed by atoms with Crippen LogP contribution in [-0.2, 0) is 25.4 Å². The molecule has 0 saturated carbocycles. The number of benzene rings is 2. The van der Waals surface area contributed by atoms with E-state index in [1.165, 1.54) is 41.3 Å². The highest BCUT2D eigenvalue weighted by Crippen LogP contribution is 2.31. The van der Waals surface area contributed by atoms with E-state index in [4.69, 9.17) is 23.7 Å². The standard InChI is InChI=1S/C29H34F2N2O11/c1-28(2,3)43-25(34)32-16-22(41-27(36)44-29(4,5)6)23(21(32)15-17-7-11-19(12-8-17)39-24(30)31)42-26(35)40-20-13-9-18(10-14-20)33(37)38/h7-14,21-24H,15-16H2,1-6H3/t21-,22+,23+/m1/s1. The molecule has 0 spiro atoms. The minimum Gasteiger partial charge on any atom is -0.444 e. The summed E-state index contributed by atoms with van der Waals surface area (Å²) in [5, 5.41) is 10.9. The predicted octanol–water partition coefficient (Wildman–Crippen LogP) is 6.26. The summed E-state index contributed by atoms with van der Waals surface area (Å²) in [6.07, 6.45) is -5.70. The number of rotatable bonds is 8. The first-order valence-corrected chi connectivity index (χ1v) is 13.5. The van der Waals surface area contributed by atoms with Crippen LogP contribution in [0.5, 0.6) is 11.5 Å². The summed E-state index contributed by atoms with van der Waals surface area (Å²) in [7, 11) is 0. The molecule has 2 aromatic carbocycles. The van der Waals surface area contributed by atoms with Crippen molar-refractivity contribution >= 4 is 24.1 Å². The summed E-state index contributed by atoms with van der Waals surface area (Å²) in [5.74, 6) is -0.164. The van der Waals surface area contributed by atoms with Gasteiger partial charge in [0, 0.05) is 12.1 Å². The molecule has 1 aliphatic heterocycles. The van der Waals surface area contributed by atoms with Crippen LogP contribution in [0.3, 0.4) is 0 Å². The number of alkyl halides is 2. The Hall–Kier alpha value is -4.69. The van der Waals surface area contributed by atoms with Crippen LogP contribution in [0.15, 0.2) is 48.5 Å². The maximum atomic E-state index is 13.3. The van der Waals surface area contributed by atoms with E-state index < -0.39 is 59.4 Å². The van der Waals surface area contributed by atoms with Gasteiger partial charge in [0.05, 0.1) is 17.5 Å². The molecular formula is C29H34F2N2O11. The number of carbonyl (C=O) groups is 3. The molecule has 0 N–H and O–H groups in total. The SMILES string of the molecule is CC(C)(C)OC(=O)O[C@H]1CN(C(=O)OC(C)(C)C)[C@H](Cc2ccc(OC(F)F)cc2)[C@@H]1OC(=O)Oc1ccc([N+](=O)[O-])cc1. The number of nitro benzene ring substituents is 1. The molecule has 3 atom stereocenters. The Morgan fingerprint density at radius 2 is 1.45 bits per heavy atom. The van der Waals surface area contributed by atoms with E-state index in [-0.39, 0.29) is 30.2 Å². The van der Waals surface area contributed by atoms with E-state index in [0.717, 1.165) is 12.1 Å². The molecule has 1 saturated heterocycles. The number of hydrogen-bond acceptors (Lipinski definition) is 11. The van der Waals surface area contributed by atoms with Gasteiger partial charge < -0.3 is 28.4 Å². The fourth-order valence-electron chi connectivity index (χ4n) is 4.19. The lowest BCUT2D eigenvalue weighted by Gasteiger charge is -2.30. The van der Waals surface area contributed by atoms with Crippen LogP contribution in [0.25, 0.3) is 0 Å². The Kier molecular flexibility index (Phi) is 10.6. The van der Waals surface area contributed by atoms with Crippen molar-refractivity contribution in [3.05, 3.63) is 64.2 Å². The zero-order chi connectivity index (χ0) is 32.8. The molecule has 0 unspecified atom stereocenters. The normalized spacial score (nSPS) is 18.4. The molecule has 44 heavy (non-hydrogen) atoms. The number of nitrogens with zero attached hydrogens (tertiary/aromatic N) is 2. The number of hydrogen-bond donors (Lipinski definition) is 0. The summed E-state index contributed by atoms with van der Waals surface area (Å²) in [4.78, 5) is 50.4. The number of nitro groups is 1. The van der Waals surface area contributed by atoms with Crippen molar-refractivity contribution in [3.8, 4) is 11.5 Å². The van der Waals surface area contributed by atoms with Crippen molar-refractivity contribution in [2.75, 3.05) is 6.54 Å². The molecule has 0 aliphatic carbocycles. The van der Waals surface area contributed by atoms with Crippen molar-refractivity contribution in [2.45, 2.75) is 84.0 Å². The number of carbonyl (C=O) groups excluding carboxylic acids is 3. The van der Waals surface area contributed by atoms with Crippen molar-refractivity contribution < 1.29 is 56.5 Å². The molecule has 0 bridgehead atoms. The van der Waals surface area contributed by atoms with Gasteiger partial charge in [0.25, 0.3) is 5.69 Å². The summed E-state index contributed by atoms with van der Waals surface area (Å²) >= 11 is 0. The zero-order valence-corrected chi connectivity index (χ0v) is 25.0. The van der Waals surface area contributed by atoms with Gasteiger partial charge in [-0.05, 0) is 77.8 Å². The maximum Gasteiger partial charge on any atom is 0.514 e. The van der Waals surface area contributed by atoms with E-state index in [0.29, 0.717) is 5.56 Å². The lowest BCUT2D eigenvalue weighted by molar-refractivity contribution is -0.384. The van der Waals surface area contributed by atoms with Crippen LogP contribution in [-0.4, -0.2) is 70.8 Å². The molecule has 0 radical (unpaired) electrons. The molecule has 0 aromatic heterocycles. The number of ether oxygens (including phenoxy) is 6. The molecule has 15 heteroatoms. The lowest BCUT2D eigenvalue weighted by Crippen LogP contribution is -2.45. The van der Waals surface area contributed by atoms with E-state index in [9.17, 15) is 33.3 Å². The fourth-order valence-corrected chi connectivity index (χ4v) is 4.19. The Labute approximate surface area is 252 Å². The second-order valence-electron chi connectivity index (χ2n) is 11.7. The molecule has 1 amide bonds. The maximum absolute atomic E-state index is 13.3. The monoisotopic (exact) mass is 624 g/mol. The molecular weight excluding hydrogens is 590 g/mol. The fraction of sp³-hybridized carbons (Fsp3) is 0.483. The van der Waals surface area contributed by atoms with Gasteiger partial charge in [-0.1, -0.05) is 12.1 Å². The highest BCUT2D eigenvalue weighted by atomic mass is 19.3. The smallest absolute Gasteiger partial charge is 0.444 e. The Morgan fingerprint density at radius 3 is 1.98 bits per heavy atom. The molecule has 13 nitrogen and oxygen atoms in total. The zero-order valence-electron chi connectivity index (χ0n) is 25.0. The third kappa shape index (κ3) is 10.2. The average molecular weight is 625 g/mol. The van der Waals surface area contributed by atoms with E-state index in [1.54, 1.807) is 41.5 Å². The molecule has 240 valence electrons. The van der Waals surface area contributed by atoms with Crippen LogP contribution in [0.2, 0.25) is 0 Å². The lowest BCUT2D eigenvalue weighted by atomic mass is 10.0. The molecule has 1 fully saturated rings. The van der Waals surface area contributed by atoms with E-state index >= 15 is 0 Å². The minimum absolute atomic E-state index is 0.00212. The first-order chi connectivity index (χ1) is 20.4. The van der Waals surface area contributed by atoms with Gasteiger partial charge in [0.15, 0.2) is 12.2 Å². The van der Waals surface area contributed by atoms with Gasteiger partial charge in [0.1, 0.15) is 22.7 Å². The topological polar surface area (TPSA) is 153 Å². The van der Waals surface area contributed by atoms with Gasteiger partial charge in [0.2, 0.25) is 0 Å². The minimum atomic E-state index is -3.02. The average Bonchev–Trinajstić information content (AvgIpc) is 3.19. The summed E-state index contributed by atoms with van der Waals surface area (Å²) in [6.45, 7) is 6.54. The Balaban J connectivity index is 1.93. The van der Waals surface area contributed by atoms with Gasteiger partial charge >= 0.3 is 25.0 Å². The summed E-state index contributed by atoms with van der Waals surface area (Å²) < 4.78 is 56.8. The number of likely N-dealkylation sites (tertiary alicyclic amines) is 1. The van der Waals surface area contributed by atoms with Crippen molar-refractivity contribution in [3.63, 3.8) is 0 Å². The van der Waals surface area contributed by atoms with Gasteiger partial charge in [-0.15, -0.1) is 0 Å². The van der Waals surface area contributed by atoms with Crippen molar-refractivity contribution in [2.24, 2.45) is 0 Å². The highest BCUT2D eigenvalue weighted by Gasteiger charge is 2.50.